The van der Waals surface area contributed by atoms with Crippen molar-refractivity contribution in [3.8, 4) is 12.3 Å². The molecule has 0 atom stereocenters. The Morgan fingerprint density at radius 1 is 1.36 bits per heavy atom. The molecular weight excluding hydrogens is 180 g/mol. The van der Waals surface area contributed by atoms with E-state index in [1.54, 1.807) is 0 Å². The molecule has 0 aromatic heterocycles. The van der Waals surface area contributed by atoms with Gasteiger partial charge >= 0.3 is 0 Å². The third-order valence-corrected chi connectivity index (χ3v) is 1.64. The van der Waals surface area contributed by atoms with Crippen molar-refractivity contribution in [2.45, 2.75) is 39.4 Å². The zero-order chi connectivity index (χ0) is 10.8. The fourth-order valence-electron chi connectivity index (χ4n) is 1.02. The first-order valence-electron chi connectivity index (χ1n) is 4.95. The summed E-state index contributed by atoms with van der Waals surface area (Å²) in [4.78, 5) is 11.5. The number of ketones is 1. The van der Waals surface area contributed by atoms with E-state index in [0.717, 1.165) is 0 Å². The minimum absolute atomic E-state index is 0.0241. The average Bonchev–Trinajstić information content (AvgIpc) is 2.18. The first kappa shape index (κ1) is 13.2. The summed E-state index contributed by atoms with van der Waals surface area (Å²) in [5.41, 5.74) is 0. The van der Waals surface area contributed by atoms with Gasteiger partial charge in [-0.3, -0.25) is 4.79 Å². The van der Waals surface area contributed by atoms with Crippen LogP contribution in [0.15, 0.2) is 0 Å². The molecule has 0 aliphatic carbocycles. The summed E-state index contributed by atoms with van der Waals surface area (Å²) in [6.07, 6.45) is 6.13. The van der Waals surface area contributed by atoms with Crippen molar-refractivity contribution in [2.24, 2.45) is 0 Å². The number of carbonyl (C=O) groups is 1. The van der Waals surface area contributed by atoms with Crippen LogP contribution in [0.25, 0.3) is 0 Å². The van der Waals surface area contributed by atoms with Gasteiger partial charge in [-0.2, -0.15) is 0 Å². The quantitative estimate of drug-likeness (QED) is 0.338. The highest BCUT2D eigenvalue weighted by Gasteiger charge is 2.17. The van der Waals surface area contributed by atoms with Crippen LogP contribution in [-0.2, 0) is 14.3 Å². The minimum Gasteiger partial charge on any atom is -0.346 e. The zero-order valence-corrected chi connectivity index (χ0v) is 8.91. The maximum absolute atomic E-state index is 11.5. The van der Waals surface area contributed by atoms with Crippen LogP contribution in [0.3, 0.4) is 0 Å². The summed E-state index contributed by atoms with van der Waals surface area (Å²) in [7, 11) is 0. The lowest BCUT2D eigenvalue weighted by Crippen LogP contribution is -2.27. The summed E-state index contributed by atoms with van der Waals surface area (Å²) < 4.78 is 10.3. The Labute approximate surface area is 85.8 Å². The summed E-state index contributed by atoms with van der Waals surface area (Å²) in [5, 5.41) is 0. The van der Waals surface area contributed by atoms with E-state index in [9.17, 15) is 4.79 Å². The third kappa shape index (κ3) is 5.74. The molecule has 0 fully saturated rings. The Bertz CT molecular complexity index is 187. The summed E-state index contributed by atoms with van der Waals surface area (Å²) in [6.45, 7) is 4.62. The largest absolute Gasteiger partial charge is 0.346 e. The Morgan fingerprint density at radius 3 is 2.36 bits per heavy atom. The standard InChI is InChI=1S/C11H18O3/c1-4-7-8-9-10(12)11(13-5-2)14-6-3/h1,11H,5-9H2,2-3H3. The van der Waals surface area contributed by atoms with E-state index in [1.165, 1.54) is 0 Å². The average molecular weight is 198 g/mol. The van der Waals surface area contributed by atoms with E-state index in [4.69, 9.17) is 15.9 Å². The van der Waals surface area contributed by atoms with Crippen LogP contribution in [0, 0.1) is 12.3 Å². The van der Waals surface area contributed by atoms with Crippen LogP contribution in [0.5, 0.6) is 0 Å². The maximum Gasteiger partial charge on any atom is 0.217 e. The van der Waals surface area contributed by atoms with E-state index in [0.29, 0.717) is 32.5 Å². The fraction of sp³-hybridized carbons (Fsp3) is 0.727. The molecule has 0 bridgehead atoms. The van der Waals surface area contributed by atoms with Gasteiger partial charge < -0.3 is 9.47 Å². The molecule has 0 aliphatic heterocycles. The predicted octanol–water partition coefficient (Wildman–Crippen LogP) is 1.76. The van der Waals surface area contributed by atoms with Gasteiger partial charge in [-0.05, 0) is 20.3 Å². The van der Waals surface area contributed by atoms with E-state index in [1.807, 2.05) is 13.8 Å². The van der Waals surface area contributed by atoms with Gasteiger partial charge in [0, 0.05) is 26.1 Å². The molecule has 0 aliphatic rings. The smallest absolute Gasteiger partial charge is 0.217 e. The highest BCUT2D eigenvalue weighted by molar-refractivity contribution is 5.81. The molecule has 0 radical (unpaired) electrons. The lowest BCUT2D eigenvalue weighted by atomic mass is 10.2. The number of ether oxygens (including phenoxy) is 2. The molecule has 0 N–H and O–H groups in total. The van der Waals surface area contributed by atoms with Gasteiger partial charge in [0.2, 0.25) is 6.29 Å². The van der Waals surface area contributed by atoms with Gasteiger partial charge in [-0.15, -0.1) is 12.3 Å². The number of Topliss-reactive ketones (excluding diaryl/α,β-unsaturated/α-hetero) is 1. The lowest BCUT2D eigenvalue weighted by Gasteiger charge is -2.14. The monoisotopic (exact) mass is 198 g/mol. The van der Waals surface area contributed by atoms with Crippen molar-refractivity contribution in [1.82, 2.24) is 0 Å². The minimum atomic E-state index is -0.706. The van der Waals surface area contributed by atoms with Crippen LogP contribution in [0.4, 0.5) is 0 Å². The molecular formula is C11H18O3. The topological polar surface area (TPSA) is 35.5 Å². The molecule has 0 amide bonds. The second-order valence-corrected chi connectivity index (χ2v) is 2.77. The van der Waals surface area contributed by atoms with Gasteiger partial charge in [0.05, 0.1) is 0 Å². The van der Waals surface area contributed by atoms with Gasteiger partial charge in [0.15, 0.2) is 5.78 Å². The molecule has 0 rings (SSSR count). The highest BCUT2D eigenvalue weighted by Crippen LogP contribution is 2.04. The van der Waals surface area contributed by atoms with E-state index in [-0.39, 0.29) is 5.78 Å². The van der Waals surface area contributed by atoms with Gasteiger partial charge in [0.25, 0.3) is 0 Å². The van der Waals surface area contributed by atoms with Crippen molar-refractivity contribution in [3.05, 3.63) is 0 Å². The van der Waals surface area contributed by atoms with Crippen molar-refractivity contribution >= 4 is 5.78 Å². The van der Waals surface area contributed by atoms with Crippen LogP contribution in [0.2, 0.25) is 0 Å². The first-order chi connectivity index (χ1) is 6.76. The zero-order valence-electron chi connectivity index (χ0n) is 8.91. The maximum atomic E-state index is 11.5. The van der Waals surface area contributed by atoms with Crippen molar-refractivity contribution in [3.63, 3.8) is 0 Å². The Balaban J connectivity index is 3.83. The fourth-order valence-corrected chi connectivity index (χ4v) is 1.02. The molecule has 0 aromatic carbocycles. The number of carbonyl (C=O) groups excluding carboxylic acids is 1. The Hall–Kier alpha value is -0.850. The van der Waals surface area contributed by atoms with Gasteiger partial charge in [-0.1, -0.05) is 0 Å². The molecule has 0 saturated heterocycles. The summed E-state index contributed by atoms with van der Waals surface area (Å²) in [6, 6.07) is 0. The first-order valence-corrected chi connectivity index (χ1v) is 4.95. The predicted molar refractivity (Wildman–Crippen MR) is 54.7 cm³/mol. The molecule has 0 aromatic rings. The molecule has 0 saturated carbocycles. The highest BCUT2D eigenvalue weighted by atomic mass is 16.7. The number of unbranched alkanes of at least 4 members (excludes halogenated alkanes) is 1. The molecule has 0 heterocycles. The van der Waals surface area contributed by atoms with Crippen LogP contribution in [0.1, 0.15) is 33.1 Å². The molecule has 0 unspecified atom stereocenters. The van der Waals surface area contributed by atoms with Crippen LogP contribution < -0.4 is 0 Å². The number of rotatable bonds is 8. The second kappa shape index (κ2) is 8.74. The van der Waals surface area contributed by atoms with Crippen molar-refractivity contribution in [2.75, 3.05) is 13.2 Å². The van der Waals surface area contributed by atoms with Crippen molar-refractivity contribution in [1.29, 1.82) is 0 Å². The van der Waals surface area contributed by atoms with E-state index in [2.05, 4.69) is 5.92 Å². The number of hydrogen-bond donors (Lipinski definition) is 0. The van der Waals surface area contributed by atoms with E-state index >= 15 is 0 Å². The second-order valence-electron chi connectivity index (χ2n) is 2.77. The summed E-state index contributed by atoms with van der Waals surface area (Å²) >= 11 is 0. The molecule has 3 nitrogen and oxygen atoms in total. The van der Waals surface area contributed by atoms with E-state index < -0.39 is 6.29 Å². The molecule has 80 valence electrons. The molecule has 14 heavy (non-hydrogen) atoms. The normalized spacial score (nSPS) is 10.1. The summed E-state index contributed by atoms with van der Waals surface area (Å²) in [5.74, 6) is 2.47. The Morgan fingerprint density at radius 2 is 1.93 bits per heavy atom. The van der Waals surface area contributed by atoms with Gasteiger partial charge in [-0.25, -0.2) is 0 Å². The Kier molecular flexibility index (Phi) is 8.20. The molecule has 0 spiro atoms. The van der Waals surface area contributed by atoms with Gasteiger partial charge in [0.1, 0.15) is 0 Å². The SMILES string of the molecule is C#CCCCC(=O)C(OCC)OCC. The number of terminal acetylenes is 1. The molecule has 3 heteroatoms. The number of hydrogen-bond acceptors (Lipinski definition) is 3. The lowest BCUT2D eigenvalue weighted by molar-refractivity contribution is -0.167. The van der Waals surface area contributed by atoms with Crippen LogP contribution >= 0.6 is 0 Å². The third-order valence-electron chi connectivity index (χ3n) is 1.64. The van der Waals surface area contributed by atoms with Crippen molar-refractivity contribution < 1.29 is 14.3 Å². The van der Waals surface area contributed by atoms with Crippen LogP contribution in [-0.4, -0.2) is 25.3 Å².